The highest BCUT2D eigenvalue weighted by atomic mass is 16.5. The number of hydrogen-bond donors (Lipinski definition) is 0. The SMILES string of the molecule is CCOC(=O)Cn1cnc2c1c(=O)n(CC1CC1)c(=O)n2-c1cccc(OC)c1. The topological polar surface area (TPSA) is 97.4 Å². The Kier molecular flexibility index (Phi) is 4.96. The van der Waals surface area contributed by atoms with Crippen molar-refractivity contribution in [2.24, 2.45) is 5.92 Å². The molecule has 0 unspecified atom stereocenters. The highest BCUT2D eigenvalue weighted by Gasteiger charge is 2.26. The molecule has 1 aliphatic carbocycles. The van der Waals surface area contributed by atoms with Gasteiger partial charge in [0, 0.05) is 12.6 Å². The van der Waals surface area contributed by atoms with Gasteiger partial charge in [0.15, 0.2) is 11.2 Å². The van der Waals surface area contributed by atoms with Gasteiger partial charge in [-0.1, -0.05) is 6.07 Å². The molecular formula is C20H22N4O5. The molecule has 0 N–H and O–H groups in total. The molecule has 0 atom stereocenters. The molecule has 4 rings (SSSR count). The van der Waals surface area contributed by atoms with Gasteiger partial charge in [-0.25, -0.2) is 14.3 Å². The van der Waals surface area contributed by atoms with Gasteiger partial charge < -0.3 is 14.0 Å². The third-order valence-corrected chi connectivity index (χ3v) is 4.95. The number of methoxy groups -OCH3 is 1. The van der Waals surface area contributed by atoms with Crippen molar-refractivity contribution in [1.29, 1.82) is 0 Å². The lowest BCUT2D eigenvalue weighted by Crippen LogP contribution is -2.40. The summed E-state index contributed by atoms with van der Waals surface area (Å²) in [5, 5.41) is 0. The van der Waals surface area contributed by atoms with Gasteiger partial charge in [0.2, 0.25) is 0 Å². The Balaban J connectivity index is 1.96. The summed E-state index contributed by atoms with van der Waals surface area (Å²) < 4.78 is 14.3. The van der Waals surface area contributed by atoms with Gasteiger partial charge in [-0.05, 0) is 37.8 Å². The molecule has 0 spiro atoms. The van der Waals surface area contributed by atoms with E-state index < -0.39 is 17.2 Å². The van der Waals surface area contributed by atoms with Crippen LogP contribution in [0.3, 0.4) is 0 Å². The van der Waals surface area contributed by atoms with Gasteiger partial charge >= 0.3 is 11.7 Å². The van der Waals surface area contributed by atoms with E-state index in [9.17, 15) is 14.4 Å². The van der Waals surface area contributed by atoms with Crippen molar-refractivity contribution >= 4 is 17.1 Å². The molecule has 0 bridgehead atoms. The van der Waals surface area contributed by atoms with E-state index in [0.717, 1.165) is 12.8 Å². The lowest BCUT2D eigenvalue weighted by atomic mass is 10.3. The minimum Gasteiger partial charge on any atom is -0.497 e. The zero-order valence-electron chi connectivity index (χ0n) is 16.3. The summed E-state index contributed by atoms with van der Waals surface area (Å²) in [7, 11) is 1.54. The van der Waals surface area contributed by atoms with Crippen molar-refractivity contribution in [1.82, 2.24) is 18.7 Å². The molecule has 2 aromatic heterocycles. The van der Waals surface area contributed by atoms with E-state index in [1.165, 1.54) is 20.0 Å². The standard InChI is InChI=1S/C20H22N4O5/c1-3-29-16(25)11-22-12-21-18-17(22)19(26)23(10-13-7-8-13)20(27)24(18)14-5-4-6-15(9-14)28-2/h4-6,9,12-13H,3,7-8,10-11H2,1-2H3. The molecule has 0 aliphatic heterocycles. The fourth-order valence-electron chi connectivity index (χ4n) is 3.35. The number of benzene rings is 1. The van der Waals surface area contributed by atoms with Crippen LogP contribution in [0.1, 0.15) is 19.8 Å². The predicted octanol–water partition coefficient (Wildman–Crippen LogP) is 1.33. The normalized spacial score (nSPS) is 13.6. The lowest BCUT2D eigenvalue weighted by molar-refractivity contribution is -0.143. The molecule has 1 fully saturated rings. The van der Waals surface area contributed by atoms with Crippen molar-refractivity contribution in [3.8, 4) is 11.4 Å². The van der Waals surface area contributed by atoms with Crippen LogP contribution >= 0.6 is 0 Å². The fraction of sp³-hybridized carbons (Fsp3) is 0.400. The number of nitrogens with zero attached hydrogens (tertiary/aromatic N) is 4. The number of carbonyl (C=O) groups excluding carboxylic acids is 1. The van der Waals surface area contributed by atoms with Crippen molar-refractivity contribution in [2.75, 3.05) is 13.7 Å². The van der Waals surface area contributed by atoms with Crippen molar-refractivity contribution in [2.45, 2.75) is 32.9 Å². The second-order valence-corrected chi connectivity index (χ2v) is 7.03. The van der Waals surface area contributed by atoms with Crippen LogP contribution in [0.15, 0.2) is 40.2 Å². The quantitative estimate of drug-likeness (QED) is 0.557. The molecule has 2 heterocycles. The Bertz CT molecular complexity index is 1190. The van der Waals surface area contributed by atoms with Gasteiger partial charge in [0.1, 0.15) is 12.3 Å². The van der Waals surface area contributed by atoms with Crippen molar-refractivity contribution in [3.63, 3.8) is 0 Å². The molecule has 1 saturated carbocycles. The van der Waals surface area contributed by atoms with Crippen LogP contribution < -0.4 is 16.0 Å². The van der Waals surface area contributed by atoms with Crippen molar-refractivity contribution < 1.29 is 14.3 Å². The summed E-state index contributed by atoms with van der Waals surface area (Å²) >= 11 is 0. The maximum atomic E-state index is 13.2. The van der Waals surface area contributed by atoms with Gasteiger partial charge in [-0.3, -0.25) is 14.2 Å². The number of esters is 1. The highest BCUT2D eigenvalue weighted by Crippen LogP contribution is 2.30. The minimum absolute atomic E-state index is 0.153. The summed E-state index contributed by atoms with van der Waals surface area (Å²) in [6.45, 7) is 2.15. The molecule has 1 aromatic carbocycles. The third-order valence-electron chi connectivity index (χ3n) is 4.95. The minimum atomic E-state index is -0.473. The van der Waals surface area contributed by atoms with Gasteiger partial charge in [0.05, 0.1) is 25.7 Å². The Morgan fingerprint density at radius 1 is 1.28 bits per heavy atom. The van der Waals surface area contributed by atoms with Crippen molar-refractivity contribution in [3.05, 3.63) is 51.4 Å². The number of ether oxygens (including phenoxy) is 2. The lowest BCUT2D eigenvalue weighted by Gasteiger charge is -2.13. The van der Waals surface area contributed by atoms with E-state index in [4.69, 9.17) is 9.47 Å². The zero-order chi connectivity index (χ0) is 20.5. The monoisotopic (exact) mass is 398 g/mol. The zero-order valence-corrected chi connectivity index (χ0v) is 16.3. The summed E-state index contributed by atoms with van der Waals surface area (Å²) in [5.74, 6) is 0.422. The van der Waals surface area contributed by atoms with Crippen LogP contribution in [0, 0.1) is 5.92 Å². The smallest absolute Gasteiger partial charge is 0.337 e. The van der Waals surface area contributed by atoms with E-state index in [1.807, 2.05) is 0 Å². The first-order chi connectivity index (χ1) is 14.0. The van der Waals surface area contributed by atoms with Crippen LogP contribution in [-0.4, -0.2) is 38.4 Å². The Morgan fingerprint density at radius 3 is 2.76 bits per heavy atom. The molecule has 9 heteroatoms. The Morgan fingerprint density at radius 2 is 2.07 bits per heavy atom. The van der Waals surface area contributed by atoms with Gasteiger partial charge in [-0.2, -0.15) is 0 Å². The summed E-state index contributed by atoms with van der Waals surface area (Å²) in [6.07, 6.45) is 3.37. The number of carbonyl (C=O) groups is 1. The van der Waals surface area contributed by atoms with Crippen LogP contribution in [0.4, 0.5) is 0 Å². The van der Waals surface area contributed by atoms with E-state index >= 15 is 0 Å². The molecule has 152 valence electrons. The summed E-state index contributed by atoms with van der Waals surface area (Å²) in [5.41, 5.74) is 0.0258. The number of imidazole rings is 1. The molecule has 9 nitrogen and oxygen atoms in total. The molecule has 3 aromatic rings. The maximum Gasteiger partial charge on any atom is 0.337 e. The van der Waals surface area contributed by atoms with Crippen LogP contribution in [0.25, 0.3) is 16.9 Å². The molecule has 0 saturated heterocycles. The molecule has 0 amide bonds. The van der Waals surface area contributed by atoms with E-state index in [2.05, 4.69) is 4.98 Å². The van der Waals surface area contributed by atoms with E-state index in [-0.39, 0.29) is 24.3 Å². The highest BCUT2D eigenvalue weighted by molar-refractivity contribution is 5.76. The average molecular weight is 398 g/mol. The number of fused-ring (bicyclic) bond motifs is 1. The third kappa shape index (κ3) is 3.55. The second kappa shape index (κ2) is 7.57. The molecule has 0 radical (unpaired) electrons. The second-order valence-electron chi connectivity index (χ2n) is 7.03. The van der Waals surface area contributed by atoms with Gasteiger partial charge in [-0.15, -0.1) is 0 Å². The van der Waals surface area contributed by atoms with Crippen LogP contribution in [-0.2, 0) is 22.6 Å². The number of hydrogen-bond acceptors (Lipinski definition) is 6. The Labute approximate surface area is 166 Å². The largest absolute Gasteiger partial charge is 0.497 e. The summed E-state index contributed by atoms with van der Waals surface area (Å²) in [6, 6.07) is 6.99. The van der Waals surface area contributed by atoms with Crippen LogP contribution in [0.2, 0.25) is 0 Å². The molecular weight excluding hydrogens is 376 g/mol. The van der Waals surface area contributed by atoms with E-state index in [0.29, 0.717) is 23.9 Å². The molecule has 1 aliphatic rings. The first-order valence-electron chi connectivity index (χ1n) is 9.54. The molecule has 29 heavy (non-hydrogen) atoms. The predicted molar refractivity (Wildman–Crippen MR) is 105 cm³/mol. The maximum absolute atomic E-state index is 13.2. The summed E-state index contributed by atoms with van der Waals surface area (Å²) in [4.78, 5) is 42.7. The first-order valence-corrected chi connectivity index (χ1v) is 9.54. The van der Waals surface area contributed by atoms with Gasteiger partial charge in [0.25, 0.3) is 5.56 Å². The fourth-order valence-corrected chi connectivity index (χ4v) is 3.35. The average Bonchev–Trinajstić information content (AvgIpc) is 3.45. The van der Waals surface area contributed by atoms with E-state index in [1.54, 1.807) is 38.3 Å². The van der Waals surface area contributed by atoms with Crippen LogP contribution in [0.5, 0.6) is 5.75 Å². The number of rotatable bonds is 7. The Hall–Kier alpha value is -3.36. The number of aromatic nitrogens is 4. The first kappa shape index (κ1) is 19.0.